The Labute approximate surface area is 248 Å². The third kappa shape index (κ3) is 9.56. The van der Waals surface area contributed by atoms with Crippen molar-refractivity contribution < 1.29 is 24.3 Å². The molecule has 0 saturated carbocycles. The molecule has 2 heterocycles. The highest BCUT2D eigenvalue weighted by molar-refractivity contribution is 5.95. The number of amides is 3. The maximum atomic E-state index is 13.6. The number of carboxylic acid groups (broad SMARTS) is 1. The van der Waals surface area contributed by atoms with Crippen LogP contribution in [0.15, 0.2) is 48.0 Å². The molecule has 4 atom stereocenters. The highest BCUT2D eigenvalue weighted by Crippen LogP contribution is 2.19. The fraction of sp³-hybridized carbons (Fsp3) is 0.429. The van der Waals surface area contributed by atoms with Gasteiger partial charge in [0.25, 0.3) is 0 Å². The number of nitrogens with two attached hydrogens (primary N) is 3. The van der Waals surface area contributed by atoms with Gasteiger partial charge in [-0.1, -0.05) is 32.0 Å². The van der Waals surface area contributed by atoms with Crippen LogP contribution in [0.25, 0.3) is 10.9 Å². The van der Waals surface area contributed by atoms with Crippen LogP contribution >= 0.6 is 0 Å². The molecule has 0 aliphatic carbocycles. The van der Waals surface area contributed by atoms with Gasteiger partial charge in [0.15, 0.2) is 5.96 Å². The number of H-pyrrole nitrogens is 2. The van der Waals surface area contributed by atoms with Gasteiger partial charge >= 0.3 is 5.97 Å². The fourth-order valence-electron chi connectivity index (χ4n) is 4.55. The largest absolute Gasteiger partial charge is 0.480 e. The molecule has 12 N–H and O–H groups in total. The van der Waals surface area contributed by atoms with Crippen molar-refractivity contribution in [2.75, 3.05) is 6.54 Å². The SMILES string of the molecule is CC(C)C(NC(=O)C(Cc1c[nH]c2ccccc12)NC(=O)C(CCCN=C(N)N)NC(=O)C(N)Cc1cnc[nH]1)C(=O)O. The molecule has 0 radical (unpaired) electrons. The number of imidazole rings is 1. The molecule has 0 aliphatic heterocycles. The lowest BCUT2D eigenvalue weighted by Crippen LogP contribution is -2.58. The Morgan fingerprint density at radius 2 is 1.67 bits per heavy atom. The van der Waals surface area contributed by atoms with E-state index in [4.69, 9.17) is 17.2 Å². The number of nitrogens with one attached hydrogen (secondary N) is 5. The third-order valence-corrected chi connectivity index (χ3v) is 6.87. The van der Waals surface area contributed by atoms with E-state index in [0.29, 0.717) is 12.1 Å². The van der Waals surface area contributed by atoms with E-state index < -0.39 is 53.8 Å². The van der Waals surface area contributed by atoms with Gasteiger partial charge in [-0.05, 0) is 30.4 Å². The Balaban J connectivity index is 1.83. The fourth-order valence-corrected chi connectivity index (χ4v) is 4.55. The average molecular weight is 597 g/mol. The predicted octanol–water partition coefficient (Wildman–Crippen LogP) is -0.748. The molecule has 3 rings (SSSR count). The summed E-state index contributed by atoms with van der Waals surface area (Å²) < 4.78 is 0. The van der Waals surface area contributed by atoms with Crippen LogP contribution in [0.3, 0.4) is 0 Å². The Hall–Kier alpha value is -4.92. The van der Waals surface area contributed by atoms with Gasteiger partial charge in [-0.25, -0.2) is 9.78 Å². The van der Waals surface area contributed by atoms with Crippen LogP contribution in [0.4, 0.5) is 0 Å². The number of carbonyl (C=O) groups excluding carboxylic acids is 3. The zero-order valence-electron chi connectivity index (χ0n) is 24.2. The molecule has 1 aromatic carbocycles. The number of hydrogen-bond acceptors (Lipinski definition) is 7. The smallest absolute Gasteiger partial charge is 0.326 e. The van der Waals surface area contributed by atoms with E-state index >= 15 is 0 Å². The Bertz CT molecular complexity index is 1410. The Morgan fingerprint density at radius 3 is 2.33 bits per heavy atom. The lowest BCUT2D eigenvalue weighted by Gasteiger charge is -2.26. The van der Waals surface area contributed by atoms with Crippen molar-refractivity contribution in [2.24, 2.45) is 28.1 Å². The normalized spacial score (nSPS) is 14.0. The first-order valence-electron chi connectivity index (χ1n) is 13.9. The molecule has 15 nitrogen and oxygen atoms in total. The van der Waals surface area contributed by atoms with Crippen LogP contribution in [-0.4, -0.2) is 80.4 Å². The molecule has 0 fully saturated rings. The summed E-state index contributed by atoms with van der Waals surface area (Å²) in [5.74, 6) is -3.63. The zero-order chi connectivity index (χ0) is 31.5. The lowest BCUT2D eigenvalue weighted by molar-refractivity contribution is -0.143. The summed E-state index contributed by atoms with van der Waals surface area (Å²) in [7, 11) is 0. The van der Waals surface area contributed by atoms with Crippen LogP contribution in [0.1, 0.15) is 37.9 Å². The summed E-state index contributed by atoms with van der Waals surface area (Å²) >= 11 is 0. The summed E-state index contributed by atoms with van der Waals surface area (Å²) in [5.41, 5.74) is 19.1. The van der Waals surface area contributed by atoms with E-state index in [1.54, 1.807) is 26.2 Å². The van der Waals surface area contributed by atoms with Gasteiger partial charge in [0.1, 0.15) is 18.1 Å². The molecule has 3 aromatic rings. The lowest BCUT2D eigenvalue weighted by atomic mass is 10.0. The van der Waals surface area contributed by atoms with Crippen molar-refractivity contribution in [3.8, 4) is 0 Å². The number of nitrogens with zero attached hydrogens (tertiary/aromatic N) is 2. The number of benzene rings is 1. The second-order valence-corrected chi connectivity index (χ2v) is 10.6. The first-order chi connectivity index (χ1) is 20.5. The minimum absolute atomic E-state index is 0.0556. The number of para-hydroxylation sites is 1. The summed E-state index contributed by atoms with van der Waals surface area (Å²) in [4.78, 5) is 65.7. The van der Waals surface area contributed by atoms with Crippen LogP contribution < -0.4 is 33.2 Å². The number of hydrogen-bond donors (Lipinski definition) is 9. The van der Waals surface area contributed by atoms with E-state index in [1.165, 1.54) is 6.33 Å². The Morgan fingerprint density at radius 1 is 0.977 bits per heavy atom. The standard InChI is InChI=1S/C28H40N10O5/c1-15(2)23(27(42)43)38-26(41)22(10-16-12-34-20-7-4-3-6-18(16)20)37-25(40)21(8-5-9-33-28(30)31)36-24(39)19(29)11-17-13-32-14-35-17/h3-4,6-7,12-15,19,21-23,34H,5,8-11,29H2,1-2H3,(H,32,35)(H,36,39)(H,37,40)(H,38,41)(H,42,43)(H4,30,31,33). The number of aliphatic carboxylic acids is 1. The summed E-state index contributed by atoms with van der Waals surface area (Å²) in [6.07, 6.45) is 5.42. The van der Waals surface area contributed by atoms with Gasteiger partial charge in [0.2, 0.25) is 17.7 Å². The van der Waals surface area contributed by atoms with Crippen molar-refractivity contribution >= 4 is 40.6 Å². The van der Waals surface area contributed by atoms with Crippen LogP contribution in [0.2, 0.25) is 0 Å². The first-order valence-corrected chi connectivity index (χ1v) is 13.9. The quantitative estimate of drug-likeness (QED) is 0.0571. The van der Waals surface area contributed by atoms with Crippen molar-refractivity contribution in [1.29, 1.82) is 0 Å². The number of rotatable bonds is 16. The van der Waals surface area contributed by atoms with Gasteiger partial charge in [-0.15, -0.1) is 0 Å². The maximum absolute atomic E-state index is 13.6. The van der Waals surface area contributed by atoms with Crippen LogP contribution in [0.5, 0.6) is 0 Å². The number of carboxylic acids is 1. The van der Waals surface area contributed by atoms with E-state index in [9.17, 15) is 24.3 Å². The van der Waals surface area contributed by atoms with E-state index in [2.05, 4.69) is 35.9 Å². The van der Waals surface area contributed by atoms with Crippen molar-refractivity contribution in [3.05, 3.63) is 54.2 Å². The topological polar surface area (TPSA) is 259 Å². The molecule has 0 spiro atoms. The van der Waals surface area contributed by atoms with Gasteiger partial charge in [-0.2, -0.15) is 0 Å². The Kier molecular flexibility index (Phi) is 11.6. The highest BCUT2D eigenvalue weighted by atomic mass is 16.4. The molecule has 2 aromatic heterocycles. The monoisotopic (exact) mass is 596 g/mol. The zero-order valence-corrected chi connectivity index (χ0v) is 24.2. The van der Waals surface area contributed by atoms with Crippen molar-refractivity contribution in [1.82, 2.24) is 30.9 Å². The van der Waals surface area contributed by atoms with Crippen molar-refractivity contribution in [2.45, 2.75) is 63.7 Å². The molecule has 4 unspecified atom stereocenters. The molecular weight excluding hydrogens is 556 g/mol. The van der Waals surface area contributed by atoms with Gasteiger partial charge in [-0.3, -0.25) is 19.4 Å². The minimum atomic E-state index is -1.20. The second-order valence-electron chi connectivity index (χ2n) is 10.6. The first kappa shape index (κ1) is 32.6. The molecule has 15 heteroatoms. The molecule has 232 valence electrons. The highest BCUT2D eigenvalue weighted by Gasteiger charge is 2.32. The molecule has 0 aliphatic rings. The van der Waals surface area contributed by atoms with Gasteiger partial charge in [0.05, 0.1) is 12.4 Å². The number of guanidine groups is 1. The maximum Gasteiger partial charge on any atom is 0.326 e. The molecule has 0 saturated heterocycles. The minimum Gasteiger partial charge on any atom is -0.480 e. The van der Waals surface area contributed by atoms with E-state index in [-0.39, 0.29) is 31.8 Å². The molecule has 43 heavy (non-hydrogen) atoms. The van der Waals surface area contributed by atoms with E-state index in [0.717, 1.165) is 16.5 Å². The number of aliphatic imine (C=N–C) groups is 1. The van der Waals surface area contributed by atoms with E-state index in [1.807, 2.05) is 24.3 Å². The van der Waals surface area contributed by atoms with Crippen molar-refractivity contribution in [3.63, 3.8) is 0 Å². The van der Waals surface area contributed by atoms with Gasteiger partial charge in [0, 0.05) is 48.4 Å². The molecular formula is C28H40N10O5. The van der Waals surface area contributed by atoms with Crippen LogP contribution in [-0.2, 0) is 32.0 Å². The number of aromatic amines is 2. The summed E-state index contributed by atoms with van der Waals surface area (Å²) in [5, 5.41) is 18.4. The van der Waals surface area contributed by atoms with Crippen LogP contribution in [0, 0.1) is 5.92 Å². The number of carbonyl (C=O) groups is 4. The van der Waals surface area contributed by atoms with Gasteiger partial charge < -0.3 is 48.2 Å². The number of fused-ring (bicyclic) bond motifs is 1. The second kappa shape index (κ2) is 15.3. The summed E-state index contributed by atoms with van der Waals surface area (Å²) in [6, 6.07) is 3.05. The third-order valence-electron chi connectivity index (χ3n) is 6.87. The molecule has 3 amide bonds. The summed E-state index contributed by atoms with van der Waals surface area (Å²) in [6.45, 7) is 3.54. The average Bonchev–Trinajstić information content (AvgIpc) is 3.62. The number of aromatic nitrogens is 3. The predicted molar refractivity (Wildman–Crippen MR) is 160 cm³/mol. The molecule has 0 bridgehead atoms.